The Kier molecular flexibility index (Phi) is 9.37. The van der Waals surface area contributed by atoms with E-state index in [-0.39, 0.29) is 5.78 Å². The topological polar surface area (TPSA) is 42.0 Å². The molecule has 0 saturated heterocycles. The van der Waals surface area contributed by atoms with E-state index in [1.165, 1.54) is 30.6 Å². The molecule has 142 valence electrons. The number of nitrogens with one attached hydrogen (secondary N) is 1. The van der Waals surface area contributed by atoms with Gasteiger partial charge in [-0.1, -0.05) is 39.7 Å². The molecule has 2 aromatic heterocycles. The van der Waals surface area contributed by atoms with E-state index < -0.39 is 0 Å². The van der Waals surface area contributed by atoms with Crippen LogP contribution in [-0.2, 0) is 0 Å². The molecule has 0 atom stereocenters. The Bertz CT molecular complexity index is 669. The number of carbonyl (C=O) groups is 1. The monoisotopic (exact) mass is 390 g/mol. The Morgan fingerprint density at radius 2 is 2.00 bits per heavy atom. The number of pyridine rings is 1. The number of thiophene rings is 1. The molecule has 0 aliphatic carbocycles. The van der Waals surface area contributed by atoms with Gasteiger partial charge in [-0.2, -0.15) is 0 Å². The first-order valence-corrected chi connectivity index (χ1v) is 11.4. The molecule has 0 aromatic carbocycles. The number of thioether (sulfide) groups is 1. The highest BCUT2D eigenvalue weighted by molar-refractivity contribution is 7.99. The van der Waals surface area contributed by atoms with E-state index in [2.05, 4.69) is 26.1 Å². The molecule has 5 heteroatoms. The summed E-state index contributed by atoms with van der Waals surface area (Å²) in [5.41, 5.74) is 1.80. The smallest absolute Gasteiger partial charge is 0.205 e. The molecule has 0 saturated carbocycles. The van der Waals surface area contributed by atoms with Gasteiger partial charge in [0.05, 0.1) is 10.4 Å². The predicted octanol–water partition coefficient (Wildman–Crippen LogP) is 5.76. The van der Waals surface area contributed by atoms with E-state index in [0.29, 0.717) is 5.92 Å². The maximum Gasteiger partial charge on any atom is 0.205 e. The zero-order chi connectivity index (χ0) is 18.8. The molecule has 0 spiro atoms. The van der Waals surface area contributed by atoms with Gasteiger partial charge in [0.2, 0.25) is 5.78 Å². The van der Waals surface area contributed by atoms with Crippen LogP contribution in [0.4, 0.5) is 0 Å². The average Bonchev–Trinajstić information content (AvgIpc) is 3.18. The summed E-state index contributed by atoms with van der Waals surface area (Å²) >= 11 is 3.22. The van der Waals surface area contributed by atoms with Crippen molar-refractivity contribution < 1.29 is 4.79 Å². The van der Waals surface area contributed by atoms with Gasteiger partial charge in [-0.3, -0.25) is 4.79 Å². The Morgan fingerprint density at radius 1 is 1.19 bits per heavy atom. The number of carbonyl (C=O) groups excluding carboxylic acids is 1. The zero-order valence-corrected chi connectivity index (χ0v) is 17.7. The normalized spacial score (nSPS) is 11.2. The fraction of sp³-hybridized carbons (Fsp3) is 0.524. The van der Waals surface area contributed by atoms with E-state index >= 15 is 0 Å². The van der Waals surface area contributed by atoms with Crippen LogP contribution in [0, 0.1) is 0 Å². The molecular weight excluding hydrogens is 360 g/mol. The van der Waals surface area contributed by atoms with Crippen molar-refractivity contribution in [2.75, 3.05) is 18.8 Å². The van der Waals surface area contributed by atoms with E-state index in [1.807, 2.05) is 29.6 Å². The predicted molar refractivity (Wildman–Crippen MR) is 114 cm³/mol. The molecule has 0 amide bonds. The highest BCUT2D eigenvalue weighted by atomic mass is 32.2. The number of rotatable bonds is 12. The number of ketones is 1. The Morgan fingerprint density at radius 3 is 2.69 bits per heavy atom. The second kappa shape index (κ2) is 11.5. The van der Waals surface area contributed by atoms with Gasteiger partial charge in [0.1, 0.15) is 5.03 Å². The Labute approximate surface area is 166 Å². The molecule has 2 aromatic rings. The highest BCUT2D eigenvalue weighted by Gasteiger charge is 2.17. The standard InChI is InChI=1S/C21H30N2OS2/c1-4-22-13-7-5-6-8-14-26-21-17(11-12-18(23-21)16(2)3)20(24)19-10-9-15-25-19/h9-12,15-16,22H,4-8,13-14H2,1-3H3. The van der Waals surface area contributed by atoms with Crippen molar-refractivity contribution in [3.63, 3.8) is 0 Å². The quantitative estimate of drug-likeness (QED) is 0.284. The van der Waals surface area contributed by atoms with Gasteiger partial charge in [0.25, 0.3) is 0 Å². The van der Waals surface area contributed by atoms with Crippen molar-refractivity contribution in [1.82, 2.24) is 10.3 Å². The number of hydrogen-bond acceptors (Lipinski definition) is 5. The van der Waals surface area contributed by atoms with Gasteiger partial charge in [0.15, 0.2) is 0 Å². The molecule has 0 bridgehead atoms. The maximum absolute atomic E-state index is 12.8. The molecule has 0 unspecified atom stereocenters. The van der Waals surface area contributed by atoms with Crippen molar-refractivity contribution in [3.8, 4) is 0 Å². The lowest BCUT2D eigenvalue weighted by Crippen LogP contribution is -2.13. The van der Waals surface area contributed by atoms with Crippen LogP contribution in [0.5, 0.6) is 0 Å². The van der Waals surface area contributed by atoms with Crippen LogP contribution in [0.15, 0.2) is 34.7 Å². The summed E-state index contributed by atoms with van der Waals surface area (Å²) in [5, 5.41) is 6.20. The van der Waals surface area contributed by atoms with E-state index in [1.54, 1.807) is 11.8 Å². The van der Waals surface area contributed by atoms with Gasteiger partial charge in [0, 0.05) is 5.69 Å². The van der Waals surface area contributed by atoms with Crippen molar-refractivity contribution in [1.29, 1.82) is 0 Å². The second-order valence-electron chi connectivity index (χ2n) is 6.67. The molecule has 0 aliphatic rings. The third kappa shape index (κ3) is 6.53. The number of unbranched alkanes of at least 4 members (excludes halogenated alkanes) is 3. The first-order chi connectivity index (χ1) is 12.6. The molecule has 0 fully saturated rings. The highest BCUT2D eigenvalue weighted by Crippen LogP contribution is 2.27. The van der Waals surface area contributed by atoms with Crippen LogP contribution in [-0.4, -0.2) is 29.6 Å². The molecular formula is C21H30N2OS2. The number of aromatic nitrogens is 1. The van der Waals surface area contributed by atoms with Crippen LogP contribution in [0.25, 0.3) is 0 Å². The van der Waals surface area contributed by atoms with E-state index in [9.17, 15) is 4.79 Å². The number of nitrogens with zero attached hydrogens (tertiary/aromatic N) is 1. The first-order valence-electron chi connectivity index (χ1n) is 9.56. The fourth-order valence-electron chi connectivity index (χ4n) is 2.65. The summed E-state index contributed by atoms with van der Waals surface area (Å²) in [6.45, 7) is 8.59. The molecule has 0 radical (unpaired) electrons. The van der Waals surface area contributed by atoms with Gasteiger partial charge in [-0.25, -0.2) is 4.98 Å². The van der Waals surface area contributed by atoms with Crippen LogP contribution in [0.2, 0.25) is 0 Å². The molecule has 3 nitrogen and oxygen atoms in total. The third-order valence-corrected chi connectivity index (χ3v) is 6.15. The lowest BCUT2D eigenvalue weighted by Gasteiger charge is -2.11. The summed E-state index contributed by atoms with van der Waals surface area (Å²) in [5.74, 6) is 1.47. The van der Waals surface area contributed by atoms with Gasteiger partial charge in [-0.15, -0.1) is 23.1 Å². The lowest BCUT2D eigenvalue weighted by atomic mass is 10.1. The summed E-state index contributed by atoms with van der Waals surface area (Å²) in [6, 6.07) is 7.77. The van der Waals surface area contributed by atoms with Gasteiger partial charge < -0.3 is 5.32 Å². The molecule has 2 heterocycles. The second-order valence-corrected chi connectivity index (χ2v) is 8.70. The van der Waals surface area contributed by atoms with Crippen LogP contribution in [0.1, 0.15) is 73.3 Å². The maximum atomic E-state index is 12.8. The molecule has 26 heavy (non-hydrogen) atoms. The molecule has 0 aliphatic heterocycles. The van der Waals surface area contributed by atoms with Crippen molar-refractivity contribution >= 4 is 28.9 Å². The lowest BCUT2D eigenvalue weighted by molar-refractivity contribution is 0.103. The van der Waals surface area contributed by atoms with Crippen LogP contribution < -0.4 is 5.32 Å². The molecule has 1 N–H and O–H groups in total. The van der Waals surface area contributed by atoms with E-state index in [4.69, 9.17) is 4.98 Å². The zero-order valence-electron chi connectivity index (χ0n) is 16.1. The summed E-state index contributed by atoms with van der Waals surface area (Å²) < 4.78 is 0. The van der Waals surface area contributed by atoms with Crippen molar-refractivity contribution in [3.05, 3.63) is 45.8 Å². The number of hydrogen-bond donors (Lipinski definition) is 1. The average molecular weight is 391 g/mol. The SMILES string of the molecule is CCNCCCCCCSc1nc(C(C)C)ccc1C(=O)c1cccs1. The largest absolute Gasteiger partial charge is 0.317 e. The fourth-order valence-corrected chi connectivity index (χ4v) is 4.36. The summed E-state index contributed by atoms with van der Waals surface area (Å²) in [4.78, 5) is 18.4. The Balaban J connectivity index is 1.96. The minimum Gasteiger partial charge on any atom is -0.317 e. The third-order valence-electron chi connectivity index (χ3n) is 4.20. The van der Waals surface area contributed by atoms with Crippen molar-refractivity contribution in [2.45, 2.75) is 57.4 Å². The minimum atomic E-state index is 0.0935. The first kappa shape index (κ1) is 21.1. The summed E-state index contributed by atoms with van der Waals surface area (Å²) in [6.07, 6.45) is 4.89. The van der Waals surface area contributed by atoms with Gasteiger partial charge in [-0.05, 0) is 61.2 Å². The van der Waals surface area contributed by atoms with Gasteiger partial charge >= 0.3 is 0 Å². The van der Waals surface area contributed by atoms with Crippen molar-refractivity contribution in [2.24, 2.45) is 0 Å². The van der Waals surface area contributed by atoms with Crippen LogP contribution >= 0.6 is 23.1 Å². The van der Waals surface area contributed by atoms with E-state index in [0.717, 1.165) is 46.4 Å². The molecule has 2 rings (SSSR count). The Hall–Kier alpha value is -1.17. The van der Waals surface area contributed by atoms with Crippen LogP contribution in [0.3, 0.4) is 0 Å². The minimum absolute atomic E-state index is 0.0935. The summed E-state index contributed by atoms with van der Waals surface area (Å²) in [7, 11) is 0.